The Labute approximate surface area is 124 Å². The molecule has 0 aliphatic rings. The minimum atomic E-state index is -4.92. The van der Waals surface area contributed by atoms with Crippen molar-refractivity contribution >= 4 is 5.69 Å². The van der Waals surface area contributed by atoms with Crippen LogP contribution >= 0.6 is 0 Å². The monoisotopic (exact) mass is 333 g/mol. The van der Waals surface area contributed by atoms with Crippen molar-refractivity contribution in [1.82, 2.24) is 9.13 Å². The molecule has 1 aromatic heterocycles. The quantitative estimate of drug-likeness (QED) is 0.474. The fourth-order valence-electron chi connectivity index (χ4n) is 1.92. The van der Waals surface area contributed by atoms with Gasteiger partial charge in [0, 0.05) is 25.2 Å². The van der Waals surface area contributed by atoms with Crippen LogP contribution in [0, 0.1) is 15.9 Å². The number of alkyl halides is 3. The van der Waals surface area contributed by atoms with Crippen molar-refractivity contribution in [3.05, 3.63) is 66.7 Å². The molecule has 0 saturated heterocycles. The second kappa shape index (κ2) is 5.34. The largest absolute Gasteiger partial charge is 0.431 e. The van der Waals surface area contributed by atoms with Gasteiger partial charge in [-0.3, -0.25) is 19.5 Å². The Morgan fingerprint density at radius 2 is 1.78 bits per heavy atom. The van der Waals surface area contributed by atoms with Gasteiger partial charge in [-0.25, -0.2) is 9.36 Å². The van der Waals surface area contributed by atoms with E-state index < -0.39 is 45.2 Å². The zero-order valence-corrected chi connectivity index (χ0v) is 11.3. The van der Waals surface area contributed by atoms with Crippen LogP contribution in [0.2, 0.25) is 0 Å². The highest BCUT2D eigenvalue weighted by Crippen LogP contribution is 2.27. The number of aromatic nitrogens is 2. The van der Waals surface area contributed by atoms with E-state index in [2.05, 4.69) is 0 Å². The molecule has 0 amide bonds. The molecule has 2 aromatic rings. The molecule has 0 bridgehead atoms. The van der Waals surface area contributed by atoms with Crippen molar-refractivity contribution in [2.45, 2.75) is 6.18 Å². The van der Waals surface area contributed by atoms with Crippen LogP contribution in [-0.2, 0) is 13.2 Å². The fraction of sp³-hybridized carbons (Fsp3) is 0.167. The third kappa shape index (κ3) is 2.84. The molecular formula is C12H7F4N3O4. The summed E-state index contributed by atoms with van der Waals surface area (Å²) < 4.78 is 52.2. The Morgan fingerprint density at radius 1 is 1.17 bits per heavy atom. The van der Waals surface area contributed by atoms with E-state index in [9.17, 15) is 37.3 Å². The van der Waals surface area contributed by atoms with Crippen molar-refractivity contribution in [3.8, 4) is 5.69 Å². The first kappa shape index (κ1) is 16.4. The summed E-state index contributed by atoms with van der Waals surface area (Å²) >= 11 is 0. The Hall–Kier alpha value is -2.98. The molecule has 2 rings (SSSR count). The maximum atomic E-state index is 13.6. The van der Waals surface area contributed by atoms with Gasteiger partial charge < -0.3 is 0 Å². The van der Waals surface area contributed by atoms with Crippen molar-refractivity contribution < 1.29 is 22.5 Å². The highest BCUT2D eigenvalue weighted by molar-refractivity contribution is 5.42. The van der Waals surface area contributed by atoms with Gasteiger partial charge in [0.2, 0.25) is 5.82 Å². The van der Waals surface area contributed by atoms with Crippen LogP contribution in [-0.4, -0.2) is 14.1 Å². The summed E-state index contributed by atoms with van der Waals surface area (Å²) in [7, 11) is 0.794. The van der Waals surface area contributed by atoms with Gasteiger partial charge in [0.25, 0.3) is 5.56 Å². The van der Waals surface area contributed by atoms with Gasteiger partial charge in [-0.05, 0) is 6.07 Å². The highest BCUT2D eigenvalue weighted by atomic mass is 19.4. The second-order valence-electron chi connectivity index (χ2n) is 4.44. The molecule has 0 radical (unpaired) electrons. The van der Waals surface area contributed by atoms with Crippen LogP contribution in [0.1, 0.15) is 5.69 Å². The van der Waals surface area contributed by atoms with Crippen LogP contribution in [0.3, 0.4) is 0 Å². The predicted octanol–water partition coefficient (Wildman–Crippen LogP) is 1.60. The van der Waals surface area contributed by atoms with Gasteiger partial charge in [-0.15, -0.1) is 0 Å². The molecule has 7 nitrogen and oxygen atoms in total. The van der Waals surface area contributed by atoms with Crippen LogP contribution in [0.25, 0.3) is 5.69 Å². The maximum absolute atomic E-state index is 13.6. The van der Waals surface area contributed by atoms with E-state index in [0.29, 0.717) is 12.1 Å². The first-order chi connectivity index (χ1) is 10.5. The zero-order valence-electron chi connectivity index (χ0n) is 11.3. The topological polar surface area (TPSA) is 87.1 Å². The fourth-order valence-corrected chi connectivity index (χ4v) is 1.92. The third-order valence-electron chi connectivity index (χ3n) is 3.00. The van der Waals surface area contributed by atoms with E-state index >= 15 is 0 Å². The Bertz CT molecular complexity index is 914. The van der Waals surface area contributed by atoms with Crippen molar-refractivity contribution in [2.24, 2.45) is 7.05 Å². The van der Waals surface area contributed by atoms with Gasteiger partial charge in [-0.1, -0.05) is 0 Å². The molecule has 0 aliphatic heterocycles. The van der Waals surface area contributed by atoms with E-state index in [1.165, 1.54) is 0 Å². The van der Waals surface area contributed by atoms with Crippen LogP contribution in [0.15, 0.2) is 33.9 Å². The SMILES string of the molecule is Cn1c(C(F)(F)F)cc(=O)n(-c2ccc([N+](=O)[O-])c(F)c2)c1=O. The van der Waals surface area contributed by atoms with E-state index in [1.807, 2.05) is 0 Å². The number of hydrogen-bond acceptors (Lipinski definition) is 4. The first-order valence-electron chi connectivity index (χ1n) is 5.88. The Morgan fingerprint density at radius 3 is 2.26 bits per heavy atom. The third-order valence-corrected chi connectivity index (χ3v) is 3.00. The molecule has 0 aliphatic carbocycles. The lowest BCUT2D eigenvalue weighted by atomic mass is 10.2. The van der Waals surface area contributed by atoms with E-state index in [4.69, 9.17) is 0 Å². The Balaban J connectivity index is 2.74. The molecule has 23 heavy (non-hydrogen) atoms. The summed E-state index contributed by atoms with van der Waals surface area (Å²) in [5, 5.41) is 10.5. The summed E-state index contributed by atoms with van der Waals surface area (Å²) in [6.45, 7) is 0. The molecule has 0 saturated carbocycles. The average Bonchev–Trinajstić information content (AvgIpc) is 2.41. The maximum Gasteiger partial charge on any atom is 0.431 e. The zero-order chi connectivity index (χ0) is 17.5. The van der Waals surface area contributed by atoms with Crippen LogP contribution in [0.4, 0.5) is 23.2 Å². The number of halogens is 4. The molecule has 0 atom stereocenters. The number of benzene rings is 1. The summed E-state index contributed by atoms with van der Waals surface area (Å²) in [5.41, 5.74) is -5.49. The number of nitro groups is 1. The lowest BCUT2D eigenvalue weighted by molar-refractivity contribution is -0.387. The lowest BCUT2D eigenvalue weighted by Gasteiger charge is -2.13. The van der Waals surface area contributed by atoms with Gasteiger partial charge in [0.1, 0.15) is 5.69 Å². The molecule has 0 fully saturated rings. The molecule has 0 spiro atoms. The number of nitrogens with zero attached hydrogens (tertiary/aromatic N) is 3. The smallest absolute Gasteiger partial charge is 0.292 e. The van der Waals surface area contributed by atoms with Gasteiger partial charge in [-0.2, -0.15) is 17.6 Å². The highest BCUT2D eigenvalue weighted by Gasteiger charge is 2.35. The van der Waals surface area contributed by atoms with Gasteiger partial charge in [0.15, 0.2) is 0 Å². The van der Waals surface area contributed by atoms with Gasteiger partial charge >= 0.3 is 17.6 Å². The standard InChI is InChI=1S/C12H7F4N3O4/c1-17-9(12(14,15)16)5-10(20)18(11(17)21)6-2-3-8(19(22)23)7(13)4-6/h2-5H,1H3. The van der Waals surface area contributed by atoms with Gasteiger partial charge in [0.05, 0.1) is 10.6 Å². The second-order valence-corrected chi connectivity index (χ2v) is 4.44. The molecule has 1 aromatic carbocycles. The number of rotatable bonds is 2. The van der Waals surface area contributed by atoms with E-state index in [0.717, 1.165) is 13.1 Å². The van der Waals surface area contributed by atoms with Crippen LogP contribution in [0.5, 0.6) is 0 Å². The molecule has 11 heteroatoms. The van der Waals surface area contributed by atoms with Crippen molar-refractivity contribution in [1.29, 1.82) is 0 Å². The predicted molar refractivity (Wildman–Crippen MR) is 68.9 cm³/mol. The van der Waals surface area contributed by atoms with Crippen LogP contribution < -0.4 is 11.2 Å². The number of nitro benzene ring substituents is 1. The molecule has 0 unspecified atom stereocenters. The molecule has 0 N–H and O–H groups in total. The summed E-state index contributed by atoms with van der Waals surface area (Å²) in [6, 6.07) is 2.29. The summed E-state index contributed by atoms with van der Waals surface area (Å²) in [5.74, 6) is -1.33. The molecule has 122 valence electrons. The number of hydrogen-bond donors (Lipinski definition) is 0. The Kier molecular flexibility index (Phi) is 3.80. The average molecular weight is 333 g/mol. The van der Waals surface area contributed by atoms with Crippen molar-refractivity contribution in [3.63, 3.8) is 0 Å². The minimum Gasteiger partial charge on any atom is -0.292 e. The molecule has 1 heterocycles. The van der Waals surface area contributed by atoms with E-state index in [1.54, 1.807) is 0 Å². The first-order valence-corrected chi connectivity index (χ1v) is 5.88. The lowest BCUT2D eigenvalue weighted by Crippen LogP contribution is -2.40. The summed E-state index contributed by atoms with van der Waals surface area (Å²) in [6.07, 6.45) is -4.92. The van der Waals surface area contributed by atoms with E-state index in [-0.39, 0.29) is 15.2 Å². The van der Waals surface area contributed by atoms with Crippen molar-refractivity contribution in [2.75, 3.05) is 0 Å². The normalized spacial score (nSPS) is 11.5. The summed E-state index contributed by atoms with van der Waals surface area (Å²) in [4.78, 5) is 33.2. The molecular weight excluding hydrogens is 326 g/mol. The minimum absolute atomic E-state index is 0.181.